The topological polar surface area (TPSA) is 72.2 Å². The van der Waals surface area contributed by atoms with Crippen molar-refractivity contribution in [3.63, 3.8) is 0 Å². The summed E-state index contributed by atoms with van der Waals surface area (Å²) < 4.78 is 25.7. The molecule has 0 aliphatic heterocycles. The summed E-state index contributed by atoms with van der Waals surface area (Å²) >= 11 is 0. The summed E-state index contributed by atoms with van der Waals surface area (Å²) in [5, 5.41) is 0. The van der Waals surface area contributed by atoms with Crippen LogP contribution in [0, 0.1) is 5.92 Å². The normalized spacial score (nSPS) is 17.5. The number of nitrogens with two attached hydrogens (primary N) is 1. The first-order valence-electron chi connectivity index (χ1n) is 6.85. The second-order valence-corrected chi connectivity index (χ2v) is 7.16. The highest BCUT2D eigenvalue weighted by molar-refractivity contribution is 7.89. The van der Waals surface area contributed by atoms with Crippen molar-refractivity contribution < 1.29 is 8.42 Å². The molecule has 4 nitrogen and oxygen atoms in total. The molecular weight excluding hydrogens is 260 g/mol. The minimum atomic E-state index is -3.40. The highest BCUT2D eigenvalue weighted by Gasteiger charge is 2.17. The third-order valence-corrected chi connectivity index (χ3v) is 5.34. The lowest BCUT2D eigenvalue weighted by Gasteiger charge is -2.22. The van der Waals surface area contributed by atoms with Gasteiger partial charge in [-0.15, -0.1) is 0 Å². The van der Waals surface area contributed by atoms with Crippen LogP contribution < -0.4 is 10.5 Å². The van der Waals surface area contributed by atoms with Gasteiger partial charge in [-0.1, -0.05) is 38.2 Å². The minimum absolute atomic E-state index is 0.236. The lowest BCUT2D eigenvalue weighted by molar-refractivity contribution is 0.357. The van der Waals surface area contributed by atoms with Gasteiger partial charge in [-0.05, 0) is 37.1 Å². The maximum atomic E-state index is 11.7. The molecule has 0 amide bonds. The van der Waals surface area contributed by atoms with Gasteiger partial charge in [0, 0.05) is 5.69 Å². The minimum Gasteiger partial charge on any atom is -0.398 e. The van der Waals surface area contributed by atoms with Crippen molar-refractivity contribution in [3.05, 3.63) is 23.8 Å². The molecule has 0 aromatic heterocycles. The third kappa shape index (κ3) is 3.48. The number of hydrogen-bond acceptors (Lipinski definition) is 3. The van der Waals surface area contributed by atoms with Gasteiger partial charge in [0.1, 0.15) is 0 Å². The summed E-state index contributed by atoms with van der Waals surface area (Å²) in [7, 11) is -2.00. The van der Waals surface area contributed by atoms with E-state index in [0.717, 1.165) is 12.0 Å². The first-order valence-corrected chi connectivity index (χ1v) is 8.33. The van der Waals surface area contributed by atoms with Gasteiger partial charge in [-0.3, -0.25) is 0 Å². The summed E-state index contributed by atoms with van der Waals surface area (Å²) in [4.78, 5) is 0.236. The van der Waals surface area contributed by atoms with E-state index in [1.807, 2.05) is 6.07 Å². The Morgan fingerprint density at radius 3 is 2.53 bits per heavy atom. The maximum absolute atomic E-state index is 11.7. The quantitative estimate of drug-likeness (QED) is 0.832. The summed E-state index contributed by atoms with van der Waals surface area (Å²) in [5.74, 6) is 0.697. The molecule has 0 saturated heterocycles. The molecule has 0 atom stereocenters. The number of hydrogen-bond donors (Lipinski definition) is 2. The zero-order valence-electron chi connectivity index (χ0n) is 11.4. The van der Waals surface area contributed by atoms with Gasteiger partial charge in [0.15, 0.2) is 0 Å². The average molecular weight is 282 g/mol. The van der Waals surface area contributed by atoms with Crippen LogP contribution in [-0.4, -0.2) is 15.5 Å². The Kier molecular flexibility index (Phi) is 4.47. The number of rotatable bonds is 4. The molecule has 1 aliphatic rings. The predicted octanol–water partition coefficient (Wildman–Crippen LogP) is 2.30. The smallest absolute Gasteiger partial charge is 0.240 e. The first-order chi connectivity index (χ1) is 9.03. The van der Waals surface area contributed by atoms with Gasteiger partial charge in [0.05, 0.1) is 4.90 Å². The lowest BCUT2D eigenvalue weighted by atomic mass is 9.84. The molecule has 0 radical (unpaired) electrons. The summed E-state index contributed by atoms with van der Waals surface area (Å²) in [6.07, 6.45) is 7.43. The number of anilines is 1. The van der Waals surface area contributed by atoms with E-state index < -0.39 is 10.0 Å². The second kappa shape index (κ2) is 5.92. The molecule has 0 unspecified atom stereocenters. The first kappa shape index (κ1) is 14.3. The third-order valence-electron chi connectivity index (χ3n) is 3.93. The zero-order chi connectivity index (χ0) is 13.9. The predicted molar refractivity (Wildman–Crippen MR) is 77.4 cm³/mol. The maximum Gasteiger partial charge on any atom is 0.240 e. The fourth-order valence-electron chi connectivity index (χ4n) is 2.75. The van der Waals surface area contributed by atoms with Crippen LogP contribution in [0.2, 0.25) is 0 Å². The van der Waals surface area contributed by atoms with Gasteiger partial charge in [-0.25, -0.2) is 13.1 Å². The molecule has 0 spiro atoms. The molecule has 0 bridgehead atoms. The van der Waals surface area contributed by atoms with E-state index in [2.05, 4.69) is 4.72 Å². The van der Waals surface area contributed by atoms with E-state index in [4.69, 9.17) is 5.73 Å². The average Bonchev–Trinajstić information content (AvgIpc) is 2.42. The van der Waals surface area contributed by atoms with Crippen molar-refractivity contribution in [1.29, 1.82) is 0 Å². The number of benzene rings is 1. The molecular formula is C14H22N2O2S. The van der Waals surface area contributed by atoms with Gasteiger partial charge < -0.3 is 5.73 Å². The van der Waals surface area contributed by atoms with Crippen molar-refractivity contribution in [3.8, 4) is 0 Å². The van der Waals surface area contributed by atoms with E-state index >= 15 is 0 Å². The van der Waals surface area contributed by atoms with Crippen LogP contribution in [0.1, 0.15) is 37.7 Å². The summed E-state index contributed by atoms with van der Waals surface area (Å²) in [6, 6.07) is 5.05. The van der Waals surface area contributed by atoms with Gasteiger partial charge in [0.25, 0.3) is 0 Å². The Morgan fingerprint density at radius 1 is 1.26 bits per heavy atom. The van der Waals surface area contributed by atoms with Crippen LogP contribution in [0.25, 0.3) is 0 Å². The highest BCUT2D eigenvalue weighted by atomic mass is 32.2. The molecule has 1 saturated carbocycles. The molecule has 1 aromatic rings. The largest absolute Gasteiger partial charge is 0.398 e. The molecule has 1 fully saturated rings. The summed E-state index contributed by atoms with van der Waals surface area (Å²) in [5.41, 5.74) is 7.65. The Morgan fingerprint density at radius 2 is 1.95 bits per heavy atom. The molecule has 1 aromatic carbocycles. The van der Waals surface area contributed by atoms with E-state index in [0.29, 0.717) is 11.6 Å². The Labute approximate surface area is 115 Å². The lowest BCUT2D eigenvalue weighted by Crippen LogP contribution is -2.19. The SMILES string of the molecule is CNS(=O)(=O)c1ccc(CC2CCCCC2)c(N)c1. The second-order valence-electron chi connectivity index (χ2n) is 5.28. The molecule has 5 heteroatoms. The fraction of sp³-hybridized carbons (Fsp3) is 0.571. The van der Waals surface area contributed by atoms with Gasteiger partial charge >= 0.3 is 0 Å². The van der Waals surface area contributed by atoms with E-state index in [1.54, 1.807) is 12.1 Å². The molecule has 1 aliphatic carbocycles. The zero-order valence-corrected chi connectivity index (χ0v) is 12.2. The number of nitrogen functional groups attached to an aromatic ring is 1. The van der Waals surface area contributed by atoms with Crippen molar-refractivity contribution in [2.75, 3.05) is 12.8 Å². The molecule has 19 heavy (non-hydrogen) atoms. The number of sulfonamides is 1. The van der Waals surface area contributed by atoms with E-state index in [9.17, 15) is 8.42 Å². The Bertz CT molecular complexity index is 534. The molecule has 0 heterocycles. The van der Waals surface area contributed by atoms with Crippen LogP contribution in [0.3, 0.4) is 0 Å². The molecule has 2 rings (SSSR count). The van der Waals surface area contributed by atoms with Gasteiger partial charge in [-0.2, -0.15) is 0 Å². The van der Waals surface area contributed by atoms with Crippen LogP contribution in [-0.2, 0) is 16.4 Å². The molecule has 3 N–H and O–H groups in total. The van der Waals surface area contributed by atoms with Crippen molar-refractivity contribution >= 4 is 15.7 Å². The Balaban J connectivity index is 2.15. The van der Waals surface area contributed by atoms with Crippen LogP contribution in [0.15, 0.2) is 23.1 Å². The van der Waals surface area contributed by atoms with Crippen molar-refractivity contribution in [1.82, 2.24) is 4.72 Å². The van der Waals surface area contributed by atoms with Crippen LogP contribution in [0.4, 0.5) is 5.69 Å². The van der Waals surface area contributed by atoms with Crippen LogP contribution in [0.5, 0.6) is 0 Å². The van der Waals surface area contributed by atoms with Crippen molar-refractivity contribution in [2.45, 2.75) is 43.4 Å². The fourth-order valence-corrected chi connectivity index (χ4v) is 3.51. The van der Waals surface area contributed by atoms with E-state index in [1.165, 1.54) is 39.2 Å². The van der Waals surface area contributed by atoms with Gasteiger partial charge in [0.2, 0.25) is 10.0 Å². The highest BCUT2D eigenvalue weighted by Crippen LogP contribution is 2.29. The Hall–Kier alpha value is -1.07. The number of nitrogens with one attached hydrogen (secondary N) is 1. The van der Waals surface area contributed by atoms with Crippen LogP contribution >= 0.6 is 0 Å². The summed E-state index contributed by atoms with van der Waals surface area (Å²) in [6.45, 7) is 0. The van der Waals surface area contributed by atoms with E-state index in [-0.39, 0.29) is 4.90 Å². The molecule has 106 valence electrons. The standard InChI is InChI=1S/C14H22N2O2S/c1-16-19(17,18)13-8-7-12(14(15)10-13)9-11-5-3-2-4-6-11/h7-8,10-11,16H,2-6,9,15H2,1H3. The monoisotopic (exact) mass is 282 g/mol. The van der Waals surface area contributed by atoms with Crippen molar-refractivity contribution in [2.24, 2.45) is 5.92 Å².